The summed E-state index contributed by atoms with van der Waals surface area (Å²) in [5, 5.41) is 10.9. The van der Waals surface area contributed by atoms with Gasteiger partial charge in [0.2, 0.25) is 0 Å². The van der Waals surface area contributed by atoms with E-state index in [0.717, 1.165) is 5.56 Å². The first-order valence-electron chi connectivity index (χ1n) is 3.41. The zero-order valence-electron chi connectivity index (χ0n) is 6.12. The van der Waals surface area contributed by atoms with Crippen molar-refractivity contribution >= 4 is 12.8 Å². The molecule has 0 unspecified atom stereocenters. The SMILES string of the molecule is Sn1nnnc1-c1ccccc1. The van der Waals surface area contributed by atoms with Crippen molar-refractivity contribution in [3.63, 3.8) is 0 Å². The maximum Gasteiger partial charge on any atom is 0.193 e. The van der Waals surface area contributed by atoms with Crippen LogP contribution in [0.5, 0.6) is 0 Å². The third-order valence-electron chi connectivity index (χ3n) is 1.49. The van der Waals surface area contributed by atoms with Crippen LogP contribution in [0.25, 0.3) is 11.4 Å². The first kappa shape index (κ1) is 7.30. The molecule has 0 spiro atoms. The van der Waals surface area contributed by atoms with Gasteiger partial charge in [0, 0.05) is 5.56 Å². The van der Waals surface area contributed by atoms with Gasteiger partial charge in [0.1, 0.15) is 0 Å². The molecule has 0 saturated heterocycles. The molecule has 0 saturated carbocycles. The predicted molar refractivity (Wildman–Crippen MR) is 47.6 cm³/mol. The zero-order valence-corrected chi connectivity index (χ0v) is 7.02. The van der Waals surface area contributed by atoms with E-state index in [2.05, 4.69) is 28.3 Å². The van der Waals surface area contributed by atoms with Crippen molar-refractivity contribution in [1.82, 2.24) is 19.6 Å². The zero-order chi connectivity index (χ0) is 8.39. The second-order valence-electron chi connectivity index (χ2n) is 2.26. The lowest BCUT2D eigenvalue weighted by molar-refractivity contribution is 0.857. The predicted octanol–water partition coefficient (Wildman–Crippen LogP) is 1.03. The van der Waals surface area contributed by atoms with Gasteiger partial charge in [-0.15, -0.1) is 5.10 Å². The lowest BCUT2D eigenvalue weighted by Gasteiger charge is -1.94. The molecule has 1 aromatic carbocycles. The normalized spacial score (nSPS) is 10.1. The summed E-state index contributed by atoms with van der Waals surface area (Å²) in [6.07, 6.45) is 0. The Hall–Kier alpha value is -1.36. The van der Waals surface area contributed by atoms with E-state index in [9.17, 15) is 0 Å². The van der Waals surface area contributed by atoms with Crippen molar-refractivity contribution in [2.75, 3.05) is 0 Å². The number of benzene rings is 1. The van der Waals surface area contributed by atoms with Gasteiger partial charge in [-0.1, -0.05) is 30.3 Å². The van der Waals surface area contributed by atoms with Gasteiger partial charge in [0.25, 0.3) is 0 Å². The highest BCUT2D eigenvalue weighted by atomic mass is 32.1. The molecule has 0 amide bonds. The molecule has 1 aromatic heterocycles. The summed E-state index contributed by atoms with van der Waals surface area (Å²) in [6.45, 7) is 0. The molecule has 4 nitrogen and oxygen atoms in total. The number of thiol groups is 1. The van der Waals surface area contributed by atoms with Crippen LogP contribution in [0.4, 0.5) is 0 Å². The summed E-state index contributed by atoms with van der Waals surface area (Å²) in [6, 6.07) is 9.66. The molecule has 12 heavy (non-hydrogen) atoms. The van der Waals surface area contributed by atoms with E-state index in [1.807, 2.05) is 30.3 Å². The molecule has 0 aliphatic rings. The fraction of sp³-hybridized carbons (Fsp3) is 0. The van der Waals surface area contributed by atoms with Crippen molar-refractivity contribution in [3.05, 3.63) is 30.3 Å². The van der Waals surface area contributed by atoms with Gasteiger partial charge in [-0.25, -0.2) is 0 Å². The van der Waals surface area contributed by atoms with Gasteiger partial charge in [-0.05, 0) is 23.2 Å². The third kappa shape index (κ3) is 1.18. The molecule has 2 rings (SSSR count). The average Bonchev–Trinajstić information content (AvgIpc) is 2.53. The number of tetrazole rings is 1. The molecule has 0 bridgehead atoms. The maximum absolute atomic E-state index is 4.04. The van der Waals surface area contributed by atoms with E-state index in [-0.39, 0.29) is 0 Å². The molecule has 0 atom stereocenters. The molecule has 0 radical (unpaired) electrons. The van der Waals surface area contributed by atoms with Crippen LogP contribution in [0.2, 0.25) is 0 Å². The van der Waals surface area contributed by atoms with Gasteiger partial charge in [0.05, 0.1) is 0 Å². The highest BCUT2D eigenvalue weighted by molar-refractivity contribution is 7.78. The standard InChI is InChI=1S/C7H6N4S/c12-11-7(8-9-10-11)6-4-2-1-3-5-6/h1-5,12H. The van der Waals surface area contributed by atoms with E-state index in [0.29, 0.717) is 5.82 Å². The van der Waals surface area contributed by atoms with E-state index < -0.39 is 0 Å². The van der Waals surface area contributed by atoms with Crippen LogP contribution in [0.3, 0.4) is 0 Å². The van der Waals surface area contributed by atoms with Crippen molar-refractivity contribution in [3.8, 4) is 11.4 Å². The minimum absolute atomic E-state index is 0.652. The highest BCUT2D eigenvalue weighted by Gasteiger charge is 2.03. The summed E-state index contributed by atoms with van der Waals surface area (Å²) < 4.78 is 1.34. The number of aromatic nitrogens is 4. The van der Waals surface area contributed by atoms with Gasteiger partial charge < -0.3 is 0 Å². The minimum atomic E-state index is 0.652. The summed E-state index contributed by atoms with van der Waals surface area (Å²) in [5.41, 5.74) is 0.956. The Bertz CT molecular complexity index is 370. The van der Waals surface area contributed by atoms with Crippen molar-refractivity contribution in [1.29, 1.82) is 0 Å². The Labute approximate surface area is 74.8 Å². The lowest BCUT2D eigenvalue weighted by atomic mass is 10.2. The maximum atomic E-state index is 4.04. The minimum Gasteiger partial charge on any atom is -0.168 e. The number of rotatable bonds is 1. The molecule has 2 aromatic rings. The monoisotopic (exact) mass is 178 g/mol. The smallest absolute Gasteiger partial charge is 0.168 e. The highest BCUT2D eigenvalue weighted by Crippen LogP contribution is 2.14. The quantitative estimate of drug-likeness (QED) is 0.663. The van der Waals surface area contributed by atoms with Gasteiger partial charge in [0.15, 0.2) is 5.82 Å². The summed E-state index contributed by atoms with van der Waals surface area (Å²) in [7, 11) is 0. The van der Waals surface area contributed by atoms with E-state index >= 15 is 0 Å². The molecule has 5 heteroatoms. The molecule has 0 aliphatic carbocycles. The molecule has 0 fully saturated rings. The third-order valence-corrected chi connectivity index (χ3v) is 1.76. The van der Waals surface area contributed by atoms with Crippen molar-refractivity contribution < 1.29 is 0 Å². The van der Waals surface area contributed by atoms with Crippen LogP contribution in [0.15, 0.2) is 30.3 Å². The largest absolute Gasteiger partial charge is 0.193 e. The number of nitrogens with zero attached hydrogens (tertiary/aromatic N) is 4. The molecule has 0 aliphatic heterocycles. The second kappa shape index (κ2) is 2.94. The Morgan fingerprint density at radius 3 is 2.50 bits per heavy atom. The second-order valence-corrected chi connectivity index (χ2v) is 2.64. The Balaban J connectivity index is 2.51. The van der Waals surface area contributed by atoms with Crippen LogP contribution in [-0.2, 0) is 0 Å². The average molecular weight is 178 g/mol. The summed E-state index contributed by atoms with van der Waals surface area (Å²) >= 11 is 4.04. The molecular weight excluding hydrogens is 172 g/mol. The first-order valence-corrected chi connectivity index (χ1v) is 3.81. The molecule has 1 heterocycles. The van der Waals surface area contributed by atoms with Crippen LogP contribution in [0.1, 0.15) is 0 Å². The molecular formula is C7H6N4S. The van der Waals surface area contributed by atoms with Crippen molar-refractivity contribution in [2.45, 2.75) is 0 Å². The van der Waals surface area contributed by atoms with Crippen LogP contribution in [0, 0.1) is 0 Å². The van der Waals surface area contributed by atoms with Crippen LogP contribution in [-0.4, -0.2) is 19.6 Å². The Kier molecular flexibility index (Phi) is 1.79. The van der Waals surface area contributed by atoms with E-state index in [1.165, 1.54) is 4.09 Å². The Morgan fingerprint density at radius 1 is 1.17 bits per heavy atom. The summed E-state index contributed by atoms with van der Waals surface area (Å²) in [5.74, 6) is 0.652. The van der Waals surface area contributed by atoms with Gasteiger partial charge >= 0.3 is 0 Å². The topological polar surface area (TPSA) is 43.6 Å². The molecule has 60 valence electrons. The van der Waals surface area contributed by atoms with E-state index in [1.54, 1.807) is 0 Å². The van der Waals surface area contributed by atoms with Crippen molar-refractivity contribution in [2.24, 2.45) is 0 Å². The molecule has 0 N–H and O–H groups in total. The van der Waals surface area contributed by atoms with Crippen LogP contribution >= 0.6 is 12.8 Å². The lowest BCUT2D eigenvalue weighted by Crippen LogP contribution is -1.87. The fourth-order valence-electron chi connectivity index (χ4n) is 0.943. The summed E-state index contributed by atoms with van der Waals surface area (Å²) in [4.78, 5) is 0. The van der Waals surface area contributed by atoms with E-state index in [4.69, 9.17) is 0 Å². The van der Waals surface area contributed by atoms with Gasteiger partial charge in [-0.3, -0.25) is 0 Å². The fourth-order valence-corrected chi connectivity index (χ4v) is 1.13. The Morgan fingerprint density at radius 2 is 1.92 bits per heavy atom. The van der Waals surface area contributed by atoms with Crippen LogP contribution < -0.4 is 0 Å². The number of hydrogen-bond acceptors (Lipinski definition) is 4. The number of hydrogen-bond donors (Lipinski definition) is 1. The van der Waals surface area contributed by atoms with Gasteiger partial charge in [-0.2, -0.15) is 4.09 Å². The first-order chi connectivity index (χ1) is 5.88.